The maximum absolute atomic E-state index is 13.2. The Kier molecular flexibility index (Phi) is 16.1. The molecule has 0 bridgehead atoms. The number of anilines is 1. The first-order chi connectivity index (χ1) is 23.8. The molecule has 1 aromatic heterocycles. The van der Waals surface area contributed by atoms with E-state index in [-0.39, 0.29) is 22.7 Å². The monoisotopic (exact) mass is 707 g/mol. The molecule has 0 saturated carbocycles. The molecule has 4 aromatic rings. The van der Waals surface area contributed by atoms with Gasteiger partial charge in [-0.25, -0.2) is 4.79 Å². The Labute approximate surface area is 293 Å². The summed E-state index contributed by atoms with van der Waals surface area (Å²) < 4.78 is 5.45. The van der Waals surface area contributed by atoms with Crippen molar-refractivity contribution < 1.29 is 39.2 Å². The van der Waals surface area contributed by atoms with Gasteiger partial charge in [-0.3, -0.25) is 14.4 Å². The number of carboxylic acids is 1. The molecule has 1 fully saturated rings. The molecule has 3 aromatic carbocycles. The molecule has 3 unspecified atom stereocenters. The molecule has 260 valence electrons. The summed E-state index contributed by atoms with van der Waals surface area (Å²) in [5.74, 6) is -2.02. The van der Waals surface area contributed by atoms with E-state index in [2.05, 4.69) is 22.1 Å². The third kappa shape index (κ3) is 11.7. The van der Waals surface area contributed by atoms with Gasteiger partial charge < -0.3 is 35.6 Å². The van der Waals surface area contributed by atoms with Gasteiger partial charge >= 0.3 is 5.97 Å². The Morgan fingerprint density at radius 1 is 0.959 bits per heavy atom. The average Bonchev–Trinajstić information content (AvgIpc) is 3.65. The van der Waals surface area contributed by atoms with E-state index in [4.69, 9.17) is 14.9 Å². The predicted octanol–water partition coefficient (Wildman–Crippen LogP) is 4.66. The highest BCUT2D eigenvalue weighted by Crippen LogP contribution is 2.48. The lowest BCUT2D eigenvalue weighted by Crippen LogP contribution is -2.57. The minimum atomic E-state index is -1.47. The number of aliphatic carboxylic acids is 1. The number of nitrogens with zero attached hydrogens (tertiary/aromatic N) is 1. The fraction of sp³-hybridized carbons (Fsp3) is 0.278. The number of para-hydroxylation sites is 1. The number of carbonyl (C=O) groups is 4. The van der Waals surface area contributed by atoms with Crippen LogP contribution in [0.15, 0.2) is 102 Å². The van der Waals surface area contributed by atoms with Crippen LogP contribution in [0.3, 0.4) is 0 Å². The lowest BCUT2D eigenvalue weighted by molar-refractivity contribution is -0.142. The molecular weight excluding hydrogens is 667 g/mol. The summed E-state index contributed by atoms with van der Waals surface area (Å²) in [5.41, 5.74) is 2.49. The second kappa shape index (κ2) is 20.5. The number of phenols is 1. The van der Waals surface area contributed by atoms with Crippen LogP contribution in [-0.2, 0) is 25.6 Å². The number of hydrogen-bond acceptors (Lipinski definition) is 9. The zero-order valence-electron chi connectivity index (χ0n) is 27.2. The summed E-state index contributed by atoms with van der Waals surface area (Å²) in [6.07, 6.45) is 0.833. The van der Waals surface area contributed by atoms with Crippen molar-refractivity contribution in [1.29, 1.82) is 0 Å². The molecule has 5 N–H and O–H groups in total. The molecule has 0 spiro atoms. The van der Waals surface area contributed by atoms with E-state index in [0.29, 0.717) is 5.56 Å². The maximum Gasteiger partial charge on any atom is 0.328 e. The number of thioether (sulfide) groups is 1. The molecule has 49 heavy (non-hydrogen) atoms. The number of carbonyl (C=O) groups excluding carboxylic acids is 3. The summed E-state index contributed by atoms with van der Waals surface area (Å²) in [7, 11) is 0. The normalized spacial score (nSPS) is 15.2. The Morgan fingerprint density at radius 2 is 1.61 bits per heavy atom. The molecule has 0 aliphatic carbocycles. The summed E-state index contributed by atoms with van der Waals surface area (Å²) in [6.45, 7) is 2.24. The number of aliphatic hydroxyl groups is 1. The molecule has 5 rings (SSSR count). The van der Waals surface area contributed by atoms with Crippen molar-refractivity contribution in [1.82, 2.24) is 10.6 Å². The lowest BCUT2D eigenvalue weighted by atomic mass is 9.91. The highest BCUT2D eigenvalue weighted by Gasteiger charge is 2.50. The number of carboxylic acid groups (broad SMARTS) is 1. The van der Waals surface area contributed by atoms with Crippen LogP contribution >= 0.6 is 23.1 Å². The quantitative estimate of drug-likeness (QED) is 0.117. The molecular formula is C36H41N3O8S2. The van der Waals surface area contributed by atoms with E-state index in [1.807, 2.05) is 86.0 Å². The number of β-lactam (4-membered cyclic amide) rings is 1. The Hall–Kier alpha value is -4.85. The van der Waals surface area contributed by atoms with E-state index < -0.39 is 49.6 Å². The van der Waals surface area contributed by atoms with E-state index >= 15 is 0 Å². The first kappa shape index (κ1) is 38.6. The number of rotatable bonds is 14. The van der Waals surface area contributed by atoms with Gasteiger partial charge in [-0.2, -0.15) is 11.3 Å². The van der Waals surface area contributed by atoms with Crippen LogP contribution in [0.5, 0.6) is 11.5 Å². The van der Waals surface area contributed by atoms with Gasteiger partial charge in [0.25, 0.3) is 5.91 Å². The van der Waals surface area contributed by atoms with Gasteiger partial charge in [0.2, 0.25) is 11.8 Å². The summed E-state index contributed by atoms with van der Waals surface area (Å²) >= 11 is 3.18. The fourth-order valence-corrected chi connectivity index (χ4v) is 6.62. The molecule has 3 amide bonds. The van der Waals surface area contributed by atoms with Crippen LogP contribution in [0.25, 0.3) is 0 Å². The first-order valence-electron chi connectivity index (χ1n) is 15.6. The van der Waals surface area contributed by atoms with Crippen molar-refractivity contribution in [2.24, 2.45) is 0 Å². The maximum atomic E-state index is 13.2. The third-order valence-electron chi connectivity index (χ3n) is 6.97. The number of phenolic OH excluding ortho intramolecular Hbond substituents is 1. The van der Waals surface area contributed by atoms with Crippen molar-refractivity contribution in [2.75, 3.05) is 30.4 Å². The predicted molar refractivity (Wildman–Crippen MR) is 192 cm³/mol. The van der Waals surface area contributed by atoms with Crippen LogP contribution in [0.1, 0.15) is 31.0 Å². The Bertz CT molecular complexity index is 1580. The van der Waals surface area contributed by atoms with Crippen LogP contribution < -0.4 is 20.3 Å². The molecule has 11 nitrogen and oxygen atoms in total. The van der Waals surface area contributed by atoms with Gasteiger partial charge in [-0.15, -0.1) is 11.8 Å². The molecule has 13 heteroatoms. The molecule has 3 atom stereocenters. The third-order valence-corrected chi connectivity index (χ3v) is 8.96. The van der Waals surface area contributed by atoms with Gasteiger partial charge in [-0.05, 0) is 58.8 Å². The molecule has 1 aliphatic rings. The van der Waals surface area contributed by atoms with Crippen LogP contribution in [0.4, 0.5) is 5.69 Å². The number of aliphatic hydroxyl groups excluding tert-OH is 1. The first-order valence-corrected chi connectivity index (χ1v) is 17.6. The lowest BCUT2D eigenvalue weighted by Gasteiger charge is -2.47. The van der Waals surface area contributed by atoms with E-state index in [1.165, 1.54) is 11.6 Å². The average molecular weight is 708 g/mol. The van der Waals surface area contributed by atoms with Gasteiger partial charge in [-0.1, -0.05) is 68.4 Å². The van der Waals surface area contributed by atoms with E-state index in [9.17, 15) is 24.3 Å². The fourth-order valence-electron chi connectivity index (χ4n) is 4.60. The van der Waals surface area contributed by atoms with Gasteiger partial charge in [0.05, 0.1) is 19.2 Å². The standard InChI is InChI=1S/C28H29N3O8S2.C6H6.C2H6/c32-14-21(28(37)38)30-23(34)13-29-24(35)15-39-19-6-7-20(22(33)12-19)25-26(41-11-9-17-8-10-40-16-17)27(36)31(25)18-4-2-1-3-5-18;1-2-4-6-5-3-1;1-2/h1-8,10,12,16,21,25-26,32-33H,9,11,13-15H2,(H,29,35)(H,30,34)(H,37,38);1-6H;1-2H3. The van der Waals surface area contributed by atoms with Crippen molar-refractivity contribution in [3.63, 3.8) is 0 Å². The summed E-state index contributed by atoms with van der Waals surface area (Å²) in [6, 6.07) is 26.1. The highest BCUT2D eigenvalue weighted by molar-refractivity contribution is 8.00. The number of ether oxygens (including phenoxy) is 1. The van der Waals surface area contributed by atoms with Gasteiger partial charge in [0, 0.05) is 17.3 Å². The second-order valence-corrected chi connectivity index (χ2v) is 12.3. The van der Waals surface area contributed by atoms with Gasteiger partial charge in [0.1, 0.15) is 22.8 Å². The van der Waals surface area contributed by atoms with Crippen molar-refractivity contribution >= 4 is 52.5 Å². The Morgan fingerprint density at radius 3 is 2.18 bits per heavy atom. The largest absolute Gasteiger partial charge is 0.507 e. The molecule has 1 saturated heterocycles. The number of amides is 3. The topological polar surface area (TPSA) is 165 Å². The second-order valence-electron chi connectivity index (χ2n) is 10.2. The number of benzene rings is 3. The smallest absolute Gasteiger partial charge is 0.328 e. The minimum absolute atomic E-state index is 0.0365. The summed E-state index contributed by atoms with van der Waals surface area (Å²) in [5, 5.41) is 36.8. The van der Waals surface area contributed by atoms with Gasteiger partial charge in [0.15, 0.2) is 6.61 Å². The molecule has 1 aliphatic heterocycles. The zero-order valence-corrected chi connectivity index (χ0v) is 28.9. The van der Waals surface area contributed by atoms with Crippen LogP contribution in [0, 0.1) is 0 Å². The number of nitrogens with one attached hydrogen (secondary N) is 2. The van der Waals surface area contributed by atoms with Crippen LogP contribution in [0.2, 0.25) is 0 Å². The highest BCUT2D eigenvalue weighted by atomic mass is 32.2. The van der Waals surface area contributed by atoms with Crippen molar-refractivity contribution in [3.8, 4) is 11.5 Å². The number of aromatic hydroxyl groups is 1. The number of thiophene rings is 1. The van der Waals surface area contributed by atoms with E-state index in [0.717, 1.165) is 17.9 Å². The number of hydrogen-bond donors (Lipinski definition) is 5. The number of aryl methyl sites for hydroxylation is 1. The minimum Gasteiger partial charge on any atom is -0.507 e. The summed E-state index contributed by atoms with van der Waals surface area (Å²) in [4.78, 5) is 49.6. The van der Waals surface area contributed by atoms with Crippen molar-refractivity contribution in [3.05, 3.63) is 113 Å². The van der Waals surface area contributed by atoms with E-state index in [1.54, 1.807) is 40.1 Å². The van der Waals surface area contributed by atoms with Crippen LogP contribution in [-0.4, -0.2) is 75.8 Å². The van der Waals surface area contributed by atoms with Crippen molar-refractivity contribution in [2.45, 2.75) is 37.6 Å². The SMILES string of the molecule is CC.O=C(COc1ccc(C2C(SCCc3ccsc3)C(=O)N2c2ccccc2)c(O)c1)NCC(=O)NC(CO)C(=O)O.c1ccccc1. The molecule has 0 radical (unpaired) electrons. The zero-order chi connectivity index (χ0) is 35.6. The Balaban J connectivity index is 0.000000722. The molecule has 2 heterocycles.